The molecular weight excluding hydrogens is 528 g/mol. The van der Waals surface area contributed by atoms with Crippen molar-refractivity contribution in [2.75, 3.05) is 40.8 Å². The summed E-state index contributed by atoms with van der Waals surface area (Å²) in [4.78, 5) is 81.9. The molecule has 0 radical (unpaired) electrons. The molecule has 1 aliphatic rings. The Bertz CT molecular complexity index is 1090. The Morgan fingerprint density at radius 2 is 1.63 bits per heavy atom. The van der Waals surface area contributed by atoms with Crippen LogP contribution < -0.4 is 16.0 Å². The maximum absolute atomic E-state index is 13.4. The summed E-state index contributed by atoms with van der Waals surface area (Å²) in [5.41, 5.74) is 0.831. The van der Waals surface area contributed by atoms with Crippen LogP contribution in [0.4, 0.5) is 0 Å². The molecule has 1 saturated heterocycles. The van der Waals surface area contributed by atoms with E-state index in [1.54, 1.807) is 21.0 Å². The second kappa shape index (κ2) is 15.7. The number of carbonyl (C=O) groups excluding carboxylic acids is 6. The zero-order chi connectivity index (χ0) is 30.7. The maximum Gasteiger partial charge on any atom is 0.245 e. The number of rotatable bonds is 7. The standard InChI is InChI=1S/C29H44N6O6/c1-19(2)16-23-29(41)34(6)20(3)27(39)32-22(17-21-10-8-7-9-11-21)28(40)30-14-15-35(18-24(36)31-23)26(38)13-12-25(37)33(4)5/h7-11,19-20,22-23H,12-18H2,1-6H3,(H,30,40)(H,31,36)(H,32,39)/t20-,22-,23-/m0/s1. The van der Waals surface area contributed by atoms with E-state index >= 15 is 0 Å². The largest absolute Gasteiger partial charge is 0.353 e. The third-order valence-corrected chi connectivity index (χ3v) is 6.98. The van der Waals surface area contributed by atoms with Gasteiger partial charge in [-0.1, -0.05) is 44.2 Å². The number of benzene rings is 1. The van der Waals surface area contributed by atoms with E-state index in [4.69, 9.17) is 0 Å². The van der Waals surface area contributed by atoms with Crippen LogP contribution in [0.5, 0.6) is 0 Å². The van der Waals surface area contributed by atoms with Gasteiger partial charge < -0.3 is 30.7 Å². The van der Waals surface area contributed by atoms with Gasteiger partial charge in [0, 0.05) is 53.5 Å². The van der Waals surface area contributed by atoms with E-state index in [1.807, 2.05) is 44.2 Å². The van der Waals surface area contributed by atoms with Gasteiger partial charge in [0.1, 0.15) is 18.1 Å². The van der Waals surface area contributed by atoms with Gasteiger partial charge in [-0.25, -0.2) is 0 Å². The topological polar surface area (TPSA) is 148 Å². The van der Waals surface area contributed by atoms with Crippen molar-refractivity contribution < 1.29 is 28.8 Å². The van der Waals surface area contributed by atoms with E-state index in [0.29, 0.717) is 6.42 Å². The van der Waals surface area contributed by atoms with Gasteiger partial charge in [-0.3, -0.25) is 28.8 Å². The Morgan fingerprint density at radius 1 is 0.976 bits per heavy atom. The van der Waals surface area contributed by atoms with Gasteiger partial charge in [-0.15, -0.1) is 0 Å². The smallest absolute Gasteiger partial charge is 0.245 e. The van der Waals surface area contributed by atoms with Gasteiger partial charge in [0.05, 0.1) is 6.54 Å². The highest BCUT2D eigenvalue weighted by atomic mass is 16.2. The highest BCUT2D eigenvalue weighted by molar-refractivity contribution is 5.95. The van der Waals surface area contributed by atoms with Crippen LogP contribution in [0.25, 0.3) is 0 Å². The number of hydrogen-bond donors (Lipinski definition) is 3. The molecule has 1 aromatic carbocycles. The molecule has 1 aromatic rings. The van der Waals surface area contributed by atoms with E-state index in [2.05, 4.69) is 16.0 Å². The zero-order valence-corrected chi connectivity index (χ0v) is 24.9. The van der Waals surface area contributed by atoms with Gasteiger partial charge in [-0.05, 0) is 24.8 Å². The number of likely N-dealkylation sites (N-methyl/N-ethyl adjacent to an activating group) is 1. The van der Waals surface area contributed by atoms with Crippen molar-refractivity contribution in [3.8, 4) is 0 Å². The lowest BCUT2D eigenvalue weighted by atomic mass is 10.0. The molecule has 0 aliphatic carbocycles. The molecule has 0 spiro atoms. The molecule has 0 saturated carbocycles. The fraction of sp³-hybridized carbons (Fsp3) is 0.586. The summed E-state index contributed by atoms with van der Waals surface area (Å²) in [6.07, 6.45) is 0.400. The SMILES string of the molecule is CC(C)C[C@@H]1NC(=O)CN(C(=O)CCC(=O)N(C)C)CCNC(=O)[C@H](Cc2ccccc2)NC(=O)[C@H](C)N(C)C1=O. The van der Waals surface area contributed by atoms with Crippen molar-refractivity contribution in [3.05, 3.63) is 35.9 Å². The minimum absolute atomic E-state index is 0.000743. The monoisotopic (exact) mass is 572 g/mol. The summed E-state index contributed by atoms with van der Waals surface area (Å²) in [6, 6.07) is 6.43. The van der Waals surface area contributed by atoms with Crippen LogP contribution in [0.1, 0.15) is 45.6 Å². The van der Waals surface area contributed by atoms with Gasteiger partial charge in [0.25, 0.3) is 0 Å². The van der Waals surface area contributed by atoms with Crippen LogP contribution >= 0.6 is 0 Å². The van der Waals surface area contributed by atoms with Gasteiger partial charge in [0.15, 0.2) is 0 Å². The predicted molar refractivity (Wildman–Crippen MR) is 153 cm³/mol. The highest BCUT2D eigenvalue weighted by Crippen LogP contribution is 2.11. The molecule has 1 fully saturated rings. The lowest BCUT2D eigenvalue weighted by Crippen LogP contribution is -2.57. The first-order valence-corrected chi connectivity index (χ1v) is 14.0. The zero-order valence-electron chi connectivity index (χ0n) is 24.9. The fourth-order valence-electron chi connectivity index (χ4n) is 4.39. The molecule has 0 bridgehead atoms. The quantitative estimate of drug-likeness (QED) is 0.416. The number of carbonyl (C=O) groups is 6. The fourth-order valence-corrected chi connectivity index (χ4v) is 4.39. The third kappa shape index (κ3) is 10.5. The molecule has 3 N–H and O–H groups in total. The Morgan fingerprint density at radius 3 is 2.24 bits per heavy atom. The molecule has 1 aliphatic heterocycles. The lowest BCUT2D eigenvalue weighted by molar-refractivity contribution is -0.143. The Balaban J connectivity index is 2.37. The highest BCUT2D eigenvalue weighted by Gasteiger charge is 2.33. The van der Waals surface area contributed by atoms with Crippen LogP contribution in [0.15, 0.2) is 30.3 Å². The van der Waals surface area contributed by atoms with Crippen molar-refractivity contribution in [3.63, 3.8) is 0 Å². The Labute approximate surface area is 242 Å². The molecular formula is C29H44N6O6. The van der Waals surface area contributed by atoms with Crippen LogP contribution in [0.3, 0.4) is 0 Å². The normalized spacial score (nSPS) is 21.4. The number of nitrogens with zero attached hydrogens (tertiary/aromatic N) is 3. The summed E-state index contributed by atoms with van der Waals surface area (Å²) < 4.78 is 0. The van der Waals surface area contributed by atoms with Gasteiger partial charge in [-0.2, -0.15) is 0 Å². The van der Waals surface area contributed by atoms with Crippen molar-refractivity contribution in [1.82, 2.24) is 30.7 Å². The van der Waals surface area contributed by atoms with E-state index in [9.17, 15) is 28.8 Å². The first-order chi connectivity index (χ1) is 19.3. The number of nitrogens with one attached hydrogen (secondary N) is 3. The molecule has 6 amide bonds. The van der Waals surface area contributed by atoms with Crippen LogP contribution in [-0.4, -0.2) is 109 Å². The maximum atomic E-state index is 13.4. The van der Waals surface area contributed by atoms with E-state index in [-0.39, 0.29) is 50.7 Å². The lowest BCUT2D eigenvalue weighted by Gasteiger charge is -2.30. The summed E-state index contributed by atoms with van der Waals surface area (Å²) in [6.45, 7) is 5.05. The van der Waals surface area contributed by atoms with E-state index in [1.165, 1.54) is 21.7 Å². The molecule has 2 rings (SSSR count). The average Bonchev–Trinajstić information content (AvgIpc) is 2.92. The molecule has 41 heavy (non-hydrogen) atoms. The Kier molecular flexibility index (Phi) is 12.8. The van der Waals surface area contributed by atoms with Crippen molar-refractivity contribution >= 4 is 35.4 Å². The van der Waals surface area contributed by atoms with Gasteiger partial charge in [0.2, 0.25) is 35.4 Å². The molecule has 0 unspecified atom stereocenters. The Hall–Kier alpha value is -3.96. The first-order valence-electron chi connectivity index (χ1n) is 14.0. The predicted octanol–water partition coefficient (Wildman–Crippen LogP) is -0.0815. The van der Waals surface area contributed by atoms with Crippen molar-refractivity contribution in [2.45, 2.75) is 64.6 Å². The molecule has 226 valence electrons. The average molecular weight is 573 g/mol. The van der Waals surface area contributed by atoms with Crippen LogP contribution in [0.2, 0.25) is 0 Å². The number of hydrogen-bond acceptors (Lipinski definition) is 6. The van der Waals surface area contributed by atoms with E-state index in [0.717, 1.165) is 5.56 Å². The molecule has 12 nitrogen and oxygen atoms in total. The van der Waals surface area contributed by atoms with Crippen LogP contribution in [-0.2, 0) is 35.2 Å². The molecule has 0 aromatic heterocycles. The third-order valence-electron chi connectivity index (χ3n) is 6.98. The summed E-state index contributed by atoms with van der Waals surface area (Å²) in [5, 5.41) is 8.27. The summed E-state index contributed by atoms with van der Waals surface area (Å²) in [7, 11) is 4.66. The molecule has 1 heterocycles. The molecule has 12 heteroatoms. The second-order valence-corrected chi connectivity index (χ2v) is 11.0. The van der Waals surface area contributed by atoms with Crippen LogP contribution in [0, 0.1) is 5.92 Å². The number of amides is 6. The van der Waals surface area contributed by atoms with Crippen molar-refractivity contribution in [2.24, 2.45) is 5.92 Å². The van der Waals surface area contributed by atoms with Crippen molar-refractivity contribution in [1.29, 1.82) is 0 Å². The minimum atomic E-state index is -0.936. The first kappa shape index (κ1) is 33.2. The summed E-state index contributed by atoms with van der Waals surface area (Å²) in [5.74, 6) is -2.59. The summed E-state index contributed by atoms with van der Waals surface area (Å²) >= 11 is 0. The van der Waals surface area contributed by atoms with E-state index < -0.39 is 47.7 Å². The second-order valence-electron chi connectivity index (χ2n) is 11.0. The molecule has 3 atom stereocenters. The van der Waals surface area contributed by atoms with Gasteiger partial charge >= 0.3 is 0 Å². The minimum Gasteiger partial charge on any atom is -0.353 e.